The van der Waals surface area contributed by atoms with Gasteiger partial charge in [-0.05, 0) is 37.7 Å². The van der Waals surface area contributed by atoms with E-state index in [4.69, 9.17) is 10.5 Å². The van der Waals surface area contributed by atoms with E-state index in [1.165, 1.54) is 12.0 Å². The maximum Gasteiger partial charge on any atom is 0.0604 e. The van der Waals surface area contributed by atoms with Gasteiger partial charge < -0.3 is 10.5 Å². The smallest absolute Gasteiger partial charge is 0.0604 e. The fourth-order valence-electron chi connectivity index (χ4n) is 2.07. The van der Waals surface area contributed by atoms with Crippen molar-refractivity contribution in [2.75, 3.05) is 6.61 Å². The monoisotopic (exact) mass is 219 g/mol. The van der Waals surface area contributed by atoms with Crippen molar-refractivity contribution >= 4 is 0 Å². The van der Waals surface area contributed by atoms with Crippen molar-refractivity contribution in [1.82, 2.24) is 0 Å². The average Bonchev–Trinajstić information content (AvgIpc) is 2.27. The van der Waals surface area contributed by atoms with Gasteiger partial charge in [0, 0.05) is 12.6 Å². The summed E-state index contributed by atoms with van der Waals surface area (Å²) < 4.78 is 5.71. The Balaban J connectivity index is 1.49. The molecule has 1 aliphatic carbocycles. The number of aryl methyl sites for hydroxylation is 1. The van der Waals surface area contributed by atoms with Gasteiger partial charge in [-0.2, -0.15) is 0 Å². The maximum atomic E-state index is 5.71. The fourth-order valence-corrected chi connectivity index (χ4v) is 2.07. The summed E-state index contributed by atoms with van der Waals surface area (Å²) in [5, 5.41) is 0. The number of hydrogen-bond donors (Lipinski definition) is 1. The number of ether oxygens (including phenoxy) is 1. The van der Waals surface area contributed by atoms with Gasteiger partial charge in [0.25, 0.3) is 0 Å². The third kappa shape index (κ3) is 3.62. The fraction of sp³-hybridized carbons (Fsp3) is 0.571. The first-order valence-corrected chi connectivity index (χ1v) is 6.25. The van der Waals surface area contributed by atoms with Crippen LogP contribution in [0.3, 0.4) is 0 Å². The minimum Gasteiger partial charge on any atom is -0.378 e. The van der Waals surface area contributed by atoms with Crippen molar-refractivity contribution in [2.45, 2.75) is 44.2 Å². The van der Waals surface area contributed by atoms with Crippen LogP contribution < -0.4 is 5.73 Å². The topological polar surface area (TPSA) is 35.2 Å². The molecule has 1 saturated carbocycles. The lowest BCUT2D eigenvalue weighted by Crippen LogP contribution is -2.41. The summed E-state index contributed by atoms with van der Waals surface area (Å²) in [4.78, 5) is 0. The van der Waals surface area contributed by atoms with Crippen LogP contribution in [-0.4, -0.2) is 18.8 Å². The molecule has 0 radical (unpaired) electrons. The molecule has 1 fully saturated rings. The molecule has 88 valence electrons. The van der Waals surface area contributed by atoms with Crippen LogP contribution in [0.5, 0.6) is 0 Å². The highest BCUT2D eigenvalue weighted by Crippen LogP contribution is 2.21. The van der Waals surface area contributed by atoms with Gasteiger partial charge in [-0.25, -0.2) is 0 Å². The zero-order valence-corrected chi connectivity index (χ0v) is 9.77. The van der Waals surface area contributed by atoms with E-state index in [-0.39, 0.29) is 0 Å². The summed E-state index contributed by atoms with van der Waals surface area (Å²) in [7, 11) is 0. The Labute approximate surface area is 97.8 Å². The highest BCUT2D eigenvalue weighted by atomic mass is 16.5. The Hall–Kier alpha value is -0.860. The molecule has 1 aliphatic rings. The molecule has 1 aromatic carbocycles. The average molecular weight is 219 g/mol. The molecule has 0 unspecified atom stereocenters. The van der Waals surface area contributed by atoms with Crippen LogP contribution in [0.2, 0.25) is 0 Å². The van der Waals surface area contributed by atoms with Crippen LogP contribution in [0.1, 0.15) is 31.2 Å². The van der Waals surface area contributed by atoms with Crippen LogP contribution in [0.4, 0.5) is 0 Å². The first-order chi connectivity index (χ1) is 7.84. The van der Waals surface area contributed by atoms with Gasteiger partial charge in [-0.15, -0.1) is 0 Å². The molecular weight excluding hydrogens is 198 g/mol. The highest BCUT2D eigenvalue weighted by molar-refractivity contribution is 5.14. The zero-order chi connectivity index (χ0) is 11.2. The van der Waals surface area contributed by atoms with E-state index in [9.17, 15) is 0 Å². The molecule has 1 aromatic rings. The minimum atomic E-state index is 0.398. The summed E-state index contributed by atoms with van der Waals surface area (Å²) in [5.41, 5.74) is 7.12. The highest BCUT2D eigenvalue weighted by Gasteiger charge is 2.25. The summed E-state index contributed by atoms with van der Waals surface area (Å²) in [5.74, 6) is 0. The first kappa shape index (κ1) is 11.6. The molecule has 2 heteroatoms. The number of hydrogen-bond acceptors (Lipinski definition) is 2. The van der Waals surface area contributed by atoms with Crippen molar-refractivity contribution in [2.24, 2.45) is 5.73 Å². The molecule has 0 bridgehead atoms. The number of nitrogens with two attached hydrogens (primary N) is 1. The van der Waals surface area contributed by atoms with E-state index < -0.39 is 0 Å². The lowest BCUT2D eigenvalue weighted by Gasteiger charge is -2.32. The molecule has 0 spiro atoms. The van der Waals surface area contributed by atoms with E-state index in [0.717, 1.165) is 32.3 Å². The van der Waals surface area contributed by atoms with Crippen molar-refractivity contribution in [3.8, 4) is 0 Å². The Kier molecular flexibility index (Phi) is 4.37. The minimum absolute atomic E-state index is 0.398. The number of rotatable bonds is 6. The van der Waals surface area contributed by atoms with Crippen molar-refractivity contribution < 1.29 is 4.74 Å². The predicted octanol–water partition coefficient (Wildman–Crippen LogP) is 2.52. The third-order valence-electron chi connectivity index (χ3n) is 3.19. The Morgan fingerprint density at radius 3 is 2.56 bits per heavy atom. The van der Waals surface area contributed by atoms with Crippen molar-refractivity contribution in [3.05, 3.63) is 35.9 Å². The lowest BCUT2D eigenvalue weighted by molar-refractivity contribution is -0.00966. The van der Waals surface area contributed by atoms with Gasteiger partial charge in [0.2, 0.25) is 0 Å². The number of unbranched alkanes of at least 4 members (excludes halogenated alkanes) is 1. The second-order valence-corrected chi connectivity index (χ2v) is 4.67. The molecule has 0 aromatic heterocycles. The van der Waals surface area contributed by atoms with Gasteiger partial charge in [0.1, 0.15) is 0 Å². The van der Waals surface area contributed by atoms with E-state index in [1.807, 2.05) is 0 Å². The maximum absolute atomic E-state index is 5.71. The standard InChI is InChI=1S/C14H21NO/c15-13-10-14(11-13)16-9-5-4-8-12-6-2-1-3-7-12/h1-3,6-7,13-14H,4-5,8-11,15H2. The molecule has 0 saturated heterocycles. The lowest BCUT2D eigenvalue weighted by atomic mass is 9.90. The van der Waals surface area contributed by atoms with Gasteiger partial charge in [-0.3, -0.25) is 0 Å². The van der Waals surface area contributed by atoms with E-state index in [0.29, 0.717) is 12.1 Å². The van der Waals surface area contributed by atoms with Crippen molar-refractivity contribution in [3.63, 3.8) is 0 Å². The second-order valence-electron chi connectivity index (χ2n) is 4.67. The first-order valence-electron chi connectivity index (χ1n) is 6.25. The van der Waals surface area contributed by atoms with Crippen LogP contribution in [-0.2, 0) is 11.2 Å². The normalized spacial score (nSPS) is 24.1. The molecule has 0 heterocycles. The third-order valence-corrected chi connectivity index (χ3v) is 3.19. The van der Waals surface area contributed by atoms with Crippen LogP contribution >= 0.6 is 0 Å². The van der Waals surface area contributed by atoms with Crippen LogP contribution in [0, 0.1) is 0 Å². The SMILES string of the molecule is NC1CC(OCCCCc2ccccc2)C1. The zero-order valence-electron chi connectivity index (χ0n) is 9.77. The van der Waals surface area contributed by atoms with Crippen molar-refractivity contribution in [1.29, 1.82) is 0 Å². The van der Waals surface area contributed by atoms with Crippen LogP contribution in [0.15, 0.2) is 30.3 Å². The van der Waals surface area contributed by atoms with E-state index >= 15 is 0 Å². The quantitative estimate of drug-likeness (QED) is 0.746. The summed E-state index contributed by atoms with van der Waals surface area (Å²) >= 11 is 0. The molecule has 0 aliphatic heterocycles. The summed E-state index contributed by atoms with van der Waals surface area (Å²) in [6, 6.07) is 11.0. The van der Waals surface area contributed by atoms with E-state index in [2.05, 4.69) is 30.3 Å². The molecule has 2 N–H and O–H groups in total. The van der Waals surface area contributed by atoms with Gasteiger partial charge in [0.15, 0.2) is 0 Å². The molecule has 16 heavy (non-hydrogen) atoms. The van der Waals surface area contributed by atoms with Gasteiger partial charge in [0.05, 0.1) is 6.10 Å². The van der Waals surface area contributed by atoms with Gasteiger partial charge in [-0.1, -0.05) is 30.3 Å². The molecule has 2 nitrogen and oxygen atoms in total. The van der Waals surface area contributed by atoms with Crippen LogP contribution in [0.25, 0.3) is 0 Å². The Bertz CT molecular complexity index is 293. The molecule has 0 atom stereocenters. The molecular formula is C14H21NO. The summed E-state index contributed by atoms with van der Waals surface area (Å²) in [6.07, 6.45) is 6.08. The largest absolute Gasteiger partial charge is 0.378 e. The second kappa shape index (κ2) is 6.02. The van der Waals surface area contributed by atoms with E-state index in [1.54, 1.807) is 0 Å². The Morgan fingerprint density at radius 1 is 1.12 bits per heavy atom. The van der Waals surface area contributed by atoms with Gasteiger partial charge >= 0.3 is 0 Å². The molecule has 0 amide bonds. The summed E-state index contributed by atoms with van der Waals surface area (Å²) in [6.45, 7) is 0.893. The number of benzene rings is 1. The molecule has 2 rings (SSSR count). The Morgan fingerprint density at radius 2 is 1.88 bits per heavy atom. The predicted molar refractivity (Wildman–Crippen MR) is 66.3 cm³/mol.